The van der Waals surface area contributed by atoms with Crippen molar-refractivity contribution in [3.63, 3.8) is 0 Å². The van der Waals surface area contributed by atoms with Gasteiger partial charge in [0.2, 0.25) is 0 Å². The van der Waals surface area contributed by atoms with Gasteiger partial charge in [-0.2, -0.15) is 0 Å². The molecule has 0 aromatic carbocycles. The molecule has 0 aromatic heterocycles. The van der Waals surface area contributed by atoms with E-state index in [2.05, 4.69) is 24.1 Å². The van der Waals surface area contributed by atoms with E-state index in [1.807, 2.05) is 0 Å². The molecule has 7 N–H and O–H groups in total. The number of rotatable bonds is 1. The van der Waals surface area contributed by atoms with Crippen molar-refractivity contribution in [1.82, 2.24) is 22.5 Å². The summed E-state index contributed by atoms with van der Waals surface area (Å²) in [4.78, 5) is 2.45. The molecular formula is C12H32N4. The van der Waals surface area contributed by atoms with Gasteiger partial charge in [-0.1, -0.05) is 39.5 Å². The highest BCUT2D eigenvalue weighted by Crippen LogP contribution is 2.22. The Morgan fingerprint density at radius 3 is 1.81 bits per heavy atom. The molecule has 2 fully saturated rings. The van der Waals surface area contributed by atoms with Crippen LogP contribution < -0.4 is 17.6 Å². The fourth-order valence-corrected chi connectivity index (χ4v) is 2.16. The Morgan fingerprint density at radius 2 is 1.56 bits per heavy atom. The monoisotopic (exact) mass is 232 g/mol. The molecule has 0 amide bonds. The lowest BCUT2D eigenvalue weighted by atomic mass is 10.2. The molecular weight excluding hydrogens is 200 g/mol. The van der Waals surface area contributed by atoms with Crippen LogP contribution in [0.25, 0.3) is 0 Å². The second-order valence-corrected chi connectivity index (χ2v) is 4.57. The molecule has 0 bridgehead atoms. The quantitative estimate of drug-likeness (QED) is 0.648. The normalized spacial score (nSPS) is 21.4. The fourth-order valence-electron chi connectivity index (χ4n) is 2.16. The fraction of sp³-hybridized carbons (Fsp3) is 1.00. The van der Waals surface area contributed by atoms with Gasteiger partial charge in [0.05, 0.1) is 0 Å². The summed E-state index contributed by atoms with van der Waals surface area (Å²) in [6.45, 7) is 10.6. The first-order valence-corrected chi connectivity index (χ1v) is 6.26. The van der Waals surface area contributed by atoms with Crippen molar-refractivity contribution in [2.75, 3.05) is 32.7 Å². The van der Waals surface area contributed by atoms with Crippen LogP contribution in [0.1, 0.15) is 39.5 Å². The van der Waals surface area contributed by atoms with Crippen molar-refractivity contribution in [3.05, 3.63) is 0 Å². The Labute approximate surface area is 101 Å². The number of hydrogen-bond acceptors (Lipinski definition) is 4. The second-order valence-electron chi connectivity index (χ2n) is 4.57. The van der Waals surface area contributed by atoms with Gasteiger partial charge in [0.1, 0.15) is 0 Å². The molecule has 4 heteroatoms. The standard InChI is InChI=1S/C6H14N2.C6H12.2H3N/c1-2-8-5-3-7-4-6-8;1-6-4-2-3-5-6;;/h7H,2-6H2,1H3;6H,2-5H2,1H3;2*1H3. The maximum absolute atomic E-state index is 3.31. The largest absolute Gasteiger partial charge is 0.344 e. The maximum atomic E-state index is 3.31. The summed E-state index contributed by atoms with van der Waals surface area (Å²) in [5.41, 5.74) is 0. The van der Waals surface area contributed by atoms with Gasteiger partial charge in [-0.25, -0.2) is 0 Å². The molecule has 4 nitrogen and oxygen atoms in total. The summed E-state index contributed by atoms with van der Waals surface area (Å²) in [6, 6.07) is 0. The zero-order valence-electron chi connectivity index (χ0n) is 11.3. The lowest BCUT2D eigenvalue weighted by molar-refractivity contribution is 0.253. The molecule has 0 radical (unpaired) electrons. The molecule has 2 rings (SSSR count). The van der Waals surface area contributed by atoms with Gasteiger partial charge in [-0.3, -0.25) is 0 Å². The van der Waals surface area contributed by atoms with E-state index in [1.165, 1.54) is 58.4 Å². The third-order valence-corrected chi connectivity index (χ3v) is 3.30. The summed E-state index contributed by atoms with van der Waals surface area (Å²) < 4.78 is 0. The molecule has 1 heterocycles. The first-order chi connectivity index (χ1) is 6.83. The minimum atomic E-state index is 0. The van der Waals surface area contributed by atoms with Crippen molar-refractivity contribution in [1.29, 1.82) is 0 Å². The van der Waals surface area contributed by atoms with Crippen LogP contribution in [-0.4, -0.2) is 37.6 Å². The molecule has 1 aliphatic heterocycles. The molecule has 0 aromatic rings. The van der Waals surface area contributed by atoms with E-state index in [0.29, 0.717) is 0 Å². The number of piperazine rings is 1. The van der Waals surface area contributed by atoms with E-state index in [4.69, 9.17) is 0 Å². The highest BCUT2D eigenvalue weighted by Gasteiger charge is 2.07. The molecule has 1 saturated heterocycles. The number of nitrogens with one attached hydrogen (secondary N) is 1. The Balaban J connectivity index is 0. The van der Waals surface area contributed by atoms with Crippen molar-refractivity contribution < 1.29 is 0 Å². The van der Waals surface area contributed by atoms with Crippen LogP contribution in [0.2, 0.25) is 0 Å². The smallest absolute Gasteiger partial charge is 0.0107 e. The van der Waals surface area contributed by atoms with Crippen LogP contribution in [0, 0.1) is 5.92 Å². The average Bonchev–Trinajstić information content (AvgIpc) is 2.71. The van der Waals surface area contributed by atoms with Gasteiger partial charge in [-0.15, -0.1) is 0 Å². The number of likely N-dealkylation sites (N-methyl/N-ethyl adjacent to an activating group) is 1. The van der Waals surface area contributed by atoms with Gasteiger partial charge in [0.15, 0.2) is 0 Å². The molecule has 0 spiro atoms. The van der Waals surface area contributed by atoms with Gasteiger partial charge >= 0.3 is 0 Å². The van der Waals surface area contributed by atoms with Crippen LogP contribution in [0.4, 0.5) is 0 Å². The zero-order chi connectivity index (χ0) is 10.2. The minimum absolute atomic E-state index is 0. The molecule has 16 heavy (non-hydrogen) atoms. The topological polar surface area (TPSA) is 85.3 Å². The van der Waals surface area contributed by atoms with Crippen molar-refractivity contribution in [3.8, 4) is 0 Å². The summed E-state index contributed by atoms with van der Waals surface area (Å²) >= 11 is 0. The molecule has 0 unspecified atom stereocenters. The maximum Gasteiger partial charge on any atom is 0.0107 e. The summed E-state index contributed by atoms with van der Waals surface area (Å²) in [5.74, 6) is 1.05. The van der Waals surface area contributed by atoms with Gasteiger partial charge in [0.25, 0.3) is 0 Å². The van der Waals surface area contributed by atoms with Crippen LogP contribution in [0.3, 0.4) is 0 Å². The SMILES string of the molecule is CC1CCCC1.CCN1CCNCC1.N.N. The van der Waals surface area contributed by atoms with E-state index >= 15 is 0 Å². The Bertz CT molecular complexity index is 129. The first kappa shape index (κ1) is 18.2. The van der Waals surface area contributed by atoms with Gasteiger partial charge < -0.3 is 22.5 Å². The zero-order valence-corrected chi connectivity index (χ0v) is 11.3. The predicted molar refractivity (Wildman–Crippen MR) is 72.7 cm³/mol. The molecule has 1 aliphatic carbocycles. The van der Waals surface area contributed by atoms with Crippen molar-refractivity contribution in [2.45, 2.75) is 39.5 Å². The van der Waals surface area contributed by atoms with Crippen LogP contribution in [-0.2, 0) is 0 Å². The molecule has 2 aliphatic rings. The Hall–Kier alpha value is -0.160. The molecule has 0 atom stereocenters. The summed E-state index contributed by atoms with van der Waals surface area (Å²) in [7, 11) is 0. The summed E-state index contributed by atoms with van der Waals surface area (Å²) in [6.07, 6.45) is 5.95. The Morgan fingerprint density at radius 1 is 1.06 bits per heavy atom. The third-order valence-electron chi connectivity index (χ3n) is 3.30. The lowest BCUT2D eigenvalue weighted by Crippen LogP contribution is -2.43. The van der Waals surface area contributed by atoms with E-state index < -0.39 is 0 Å². The van der Waals surface area contributed by atoms with E-state index in [9.17, 15) is 0 Å². The molecule has 100 valence electrons. The highest BCUT2D eigenvalue weighted by atomic mass is 15.2. The van der Waals surface area contributed by atoms with Crippen LogP contribution in [0.5, 0.6) is 0 Å². The van der Waals surface area contributed by atoms with Crippen LogP contribution >= 0.6 is 0 Å². The van der Waals surface area contributed by atoms with E-state index in [0.717, 1.165) is 5.92 Å². The van der Waals surface area contributed by atoms with Crippen LogP contribution in [0.15, 0.2) is 0 Å². The third kappa shape index (κ3) is 8.05. The van der Waals surface area contributed by atoms with E-state index in [-0.39, 0.29) is 12.3 Å². The average molecular weight is 232 g/mol. The number of nitrogens with zero attached hydrogens (tertiary/aromatic N) is 1. The first-order valence-electron chi connectivity index (χ1n) is 6.26. The minimum Gasteiger partial charge on any atom is -0.344 e. The second kappa shape index (κ2) is 11.3. The lowest BCUT2D eigenvalue weighted by Gasteiger charge is -2.25. The van der Waals surface area contributed by atoms with Gasteiger partial charge in [-0.05, 0) is 12.5 Å². The van der Waals surface area contributed by atoms with Crippen molar-refractivity contribution >= 4 is 0 Å². The summed E-state index contributed by atoms with van der Waals surface area (Å²) in [5, 5.41) is 3.31. The van der Waals surface area contributed by atoms with E-state index in [1.54, 1.807) is 0 Å². The predicted octanol–water partition coefficient (Wildman–Crippen LogP) is 2.43. The Kier molecular flexibility index (Phi) is 12.9. The number of hydrogen-bond donors (Lipinski definition) is 3. The molecule has 1 saturated carbocycles. The van der Waals surface area contributed by atoms with Crippen molar-refractivity contribution in [2.24, 2.45) is 5.92 Å². The highest BCUT2D eigenvalue weighted by molar-refractivity contribution is 4.64. The van der Waals surface area contributed by atoms with Gasteiger partial charge in [0, 0.05) is 26.2 Å².